The lowest BCUT2D eigenvalue weighted by atomic mass is 10.2. The van der Waals surface area contributed by atoms with Crippen molar-refractivity contribution in [3.8, 4) is 0 Å². The van der Waals surface area contributed by atoms with E-state index < -0.39 is 24.0 Å². The Bertz CT molecular complexity index is 268. The van der Waals surface area contributed by atoms with Gasteiger partial charge in [0.25, 0.3) is 0 Å². The average molecular weight is 242 g/mol. The summed E-state index contributed by atoms with van der Waals surface area (Å²) in [6, 6.07) is -0.917. The molecule has 0 saturated carbocycles. The van der Waals surface area contributed by atoms with Gasteiger partial charge in [0.15, 0.2) is 0 Å². The SMILES string of the molecule is CON(C)C(=O)C[C@@H](C)NC(=O)C(F)(F)F. The van der Waals surface area contributed by atoms with Gasteiger partial charge in [-0.2, -0.15) is 13.2 Å². The van der Waals surface area contributed by atoms with Gasteiger partial charge in [-0.3, -0.25) is 14.4 Å². The van der Waals surface area contributed by atoms with Crippen LogP contribution in [0.25, 0.3) is 0 Å². The standard InChI is InChI=1S/C8H13F3N2O3/c1-5(4-6(14)13(2)16-3)12-7(15)8(9,10)11/h5H,4H2,1-3H3,(H,12,15)/t5-/m1/s1. The molecular weight excluding hydrogens is 229 g/mol. The first kappa shape index (κ1) is 14.7. The Kier molecular flexibility index (Phi) is 5.22. The van der Waals surface area contributed by atoms with Gasteiger partial charge < -0.3 is 5.32 Å². The third-order valence-corrected chi connectivity index (χ3v) is 1.74. The average Bonchev–Trinajstić information content (AvgIpc) is 2.14. The minimum Gasteiger partial charge on any atom is -0.345 e. The van der Waals surface area contributed by atoms with Crippen molar-refractivity contribution in [2.75, 3.05) is 14.2 Å². The van der Waals surface area contributed by atoms with Gasteiger partial charge in [0.1, 0.15) is 0 Å². The van der Waals surface area contributed by atoms with Crippen molar-refractivity contribution < 1.29 is 27.6 Å². The van der Waals surface area contributed by atoms with E-state index in [0.29, 0.717) is 0 Å². The van der Waals surface area contributed by atoms with Crippen LogP contribution in [0.15, 0.2) is 0 Å². The Morgan fingerprint density at radius 3 is 2.31 bits per heavy atom. The molecule has 94 valence electrons. The number of hydrogen-bond donors (Lipinski definition) is 1. The van der Waals surface area contributed by atoms with E-state index in [4.69, 9.17) is 0 Å². The van der Waals surface area contributed by atoms with Gasteiger partial charge in [0.05, 0.1) is 7.11 Å². The maximum absolute atomic E-state index is 11.8. The zero-order valence-electron chi connectivity index (χ0n) is 9.09. The first-order valence-corrected chi connectivity index (χ1v) is 4.36. The summed E-state index contributed by atoms with van der Waals surface area (Å²) in [7, 11) is 2.57. The number of hydrogen-bond acceptors (Lipinski definition) is 3. The number of hydroxylamine groups is 2. The third-order valence-electron chi connectivity index (χ3n) is 1.74. The van der Waals surface area contributed by atoms with Gasteiger partial charge in [-0.05, 0) is 6.92 Å². The molecule has 0 spiro atoms. The fourth-order valence-electron chi connectivity index (χ4n) is 0.849. The van der Waals surface area contributed by atoms with E-state index in [9.17, 15) is 22.8 Å². The number of halogens is 3. The molecule has 0 aliphatic heterocycles. The quantitative estimate of drug-likeness (QED) is 0.729. The second-order valence-corrected chi connectivity index (χ2v) is 3.15. The molecule has 0 unspecified atom stereocenters. The first-order valence-electron chi connectivity index (χ1n) is 4.36. The molecule has 0 heterocycles. The molecule has 0 bridgehead atoms. The van der Waals surface area contributed by atoms with Gasteiger partial charge in [0, 0.05) is 19.5 Å². The molecule has 2 amide bonds. The second-order valence-electron chi connectivity index (χ2n) is 3.15. The smallest absolute Gasteiger partial charge is 0.345 e. The highest BCUT2D eigenvalue weighted by atomic mass is 19.4. The fraction of sp³-hybridized carbons (Fsp3) is 0.750. The number of alkyl halides is 3. The lowest BCUT2D eigenvalue weighted by molar-refractivity contribution is -0.175. The van der Waals surface area contributed by atoms with Crippen LogP contribution in [0.2, 0.25) is 0 Å². The highest BCUT2D eigenvalue weighted by Gasteiger charge is 2.39. The van der Waals surface area contributed by atoms with E-state index in [-0.39, 0.29) is 6.42 Å². The summed E-state index contributed by atoms with van der Waals surface area (Å²) in [5.74, 6) is -2.59. The van der Waals surface area contributed by atoms with Crippen LogP contribution in [0.1, 0.15) is 13.3 Å². The Labute approximate surface area is 90.5 Å². The van der Waals surface area contributed by atoms with Crippen molar-refractivity contribution in [1.82, 2.24) is 10.4 Å². The number of carbonyl (C=O) groups is 2. The fourth-order valence-corrected chi connectivity index (χ4v) is 0.849. The summed E-state index contributed by atoms with van der Waals surface area (Å²) < 4.78 is 35.5. The molecule has 0 rings (SSSR count). The lowest BCUT2D eigenvalue weighted by Crippen LogP contribution is -2.43. The van der Waals surface area contributed by atoms with Crippen LogP contribution in [-0.2, 0) is 14.4 Å². The number of rotatable bonds is 4. The van der Waals surface area contributed by atoms with Crippen molar-refractivity contribution >= 4 is 11.8 Å². The molecule has 0 aliphatic rings. The molecule has 0 aromatic heterocycles. The van der Waals surface area contributed by atoms with Crippen LogP contribution in [0.5, 0.6) is 0 Å². The van der Waals surface area contributed by atoms with Gasteiger partial charge in [-0.25, -0.2) is 5.06 Å². The minimum absolute atomic E-state index is 0.272. The van der Waals surface area contributed by atoms with E-state index in [1.54, 1.807) is 5.32 Å². The van der Waals surface area contributed by atoms with E-state index in [0.717, 1.165) is 5.06 Å². The van der Waals surface area contributed by atoms with Crippen LogP contribution in [0, 0.1) is 0 Å². The molecule has 1 N–H and O–H groups in total. The van der Waals surface area contributed by atoms with Crippen molar-refractivity contribution in [3.63, 3.8) is 0 Å². The van der Waals surface area contributed by atoms with Gasteiger partial charge in [0.2, 0.25) is 5.91 Å². The van der Waals surface area contributed by atoms with E-state index in [1.165, 1.54) is 21.1 Å². The minimum atomic E-state index is -4.94. The number of amides is 2. The molecular formula is C8H13F3N2O3. The first-order chi connectivity index (χ1) is 7.18. The molecule has 16 heavy (non-hydrogen) atoms. The van der Waals surface area contributed by atoms with Gasteiger partial charge >= 0.3 is 12.1 Å². The van der Waals surface area contributed by atoms with Crippen LogP contribution < -0.4 is 5.32 Å². The Hall–Kier alpha value is -1.31. The summed E-state index contributed by atoms with van der Waals surface area (Å²) in [5, 5.41) is 2.53. The maximum atomic E-state index is 11.8. The Balaban J connectivity index is 4.14. The molecule has 0 fully saturated rings. The summed E-state index contributed by atoms with van der Waals surface area (Å²) in [4.78, 5) is 26.2. The van der Waals surface area contributed by atoms with Gasteiger partial charge in [-0.1, -0.05) is 0 Å². The van der Waals surface area contributed by atoms with Gasteiger partial charge in [-0.15, -0.1) is 0 Å². The maximum Gasteiger partial charge on any atom is 0.471 e. The molecule has 5 nitrogen and oxygen atoms in total. The highest BCUT2D eigenvalue weighted by molar-refractivity contribution is 5.83. The predicted octanol–water partition coefficient (Wildman–Crippen LogP) is 0.463. The zero-order chi connectivity index (χ0) is 12.9. The summed E-state index contributed by atoms with van der Waals surface area (Å²) in [6.45, 7) is 1.30. The van der Waals surface area contributed by atoms with Crippen molar-refractivity contribution in [3.05, 3.63) is 0 Å². The summed E-state index contributed by atoms with van der Waals surface area (Å²) in [6.07, 6.45) is -5.21. The monoisotopic (exact) mass is 242 g/mol. The largest absolute Gasteiger partial charge is 0.471 e. The third kappa shape index (κ3) is 4.96. The normalized spacial score (nSPS) is 13.1. The van der Waals surface area contributed by atoms with Crippen molar-refractivity contribution in [2.24, 2.45) is 0 Å². The Morgan fingerprint density at radius 2 is 1.94 bits per heavy atom. The molecule has 0 aliphatic carbocycles. The molecule has 0 aromatic rings. The summed E-state index contributed by atoms with van der Waals surface area (Å²) >= 11 is 0. The molecule has 1 atom stereocenters. The lowest BCUT2D eigenvalue weighted by Gasteiger charge is -2.18. The van der Waals surface area contributed by atoms with Crippen LogP contribution in [0.4, 0.5) is 13.2 Å². The topological polar surface area (TPSA) is 58.6 Å². The molecule has 8 heteroatoms. The summed E-state index contributed by atoms with van der Waals surface area (Å²) in [5.41, 5.74) is 0. The van der Waals surface area contributed by atoms with Crippen LogP contribution in [0.3, 0.4) is 0 Å². The van der Waals surface area contributed by atoms with Crippen LogP contribution in [-0.4, -0.2) is 43.3 Å². The highest BCUT2D eigenvalue weighted by Crippen LogP contribution is 2.14. The van der Waals surface area contributed by atoms with E-state index in [1.807, 2.05) is 0 Å². The predicted molar refractivity (Wildman–Crippen MR) is 48.1 cm³/mol. The van der Waals surface area contributed by atoms with Crippen molar-refractivity contribution in [1.29, 1.82) is 0 Å². The number of nitrogens with zero attached hydrogens (tertiary/aromatic N) is 1. The molecule has 0 radical (unpaired) electrons. The van der Waals surface area contributed by atoms with Crippen LogP contribution >= 0.6 is 0 Å². The molecule has 0 aromatic carbocycles. The van der Waals surface area contributed by atoms with E-state index in [2.05, 4.69) is 4.84 Å². The van der Waals surface area contributed by atoms with E-state index >= 15 is 0 Å². The zero-order valence-corrected chi connectivity index (χ0v) is 9.09. The molecule has 0 saturated heterocycles. The second kappa shape index (κ2) is 5.69. The number of carbonyl (C=O) groups excluding carboxylic acids is 2. The van der Waals surface area contributed by atoms with Crippen molar-refractivity contribution in [2.45, 2.75) is 25.6 Å². The number of nitrogens with one attached hydrogen (secondary N) is 1. The Morgan fingerprint density at radius 1 is 1.44 bits per heavy atom.